The van der Waals surface area contributed by atoms with E-state index >= 15 is 0 Å². The molecule has 0 aliphatic carbocycles. The molecule has 0 fully saturated rings. The maximum Gasteiger partial charge on any atom is 0.163 e. The second-order valence-corrected chi connectivity index (χ2v) is 5.47. The van der Waals surface area contributed by atoms with E-state index in [0.717, 1.165) is 23.6 Å². The van der Waals surface area contributed by atoms with Crippen molar-refractivity contribution in [1.29, 1.82) is 5.26 Å². The largest absolute Gasteiger partial charge is 0.490 e. The number of nitrogens with zero attached hydrogens (tertiary/aromatic N) is 1. The van der Waals surface area contributed by atoms with E-state index in [1.807, 2.05) is 41.9 Å². The summed E-state index contributed by atoms with van der Waals surface area (Å²) in [6, 6.07) is 12.1. The first-order valence-corrected chi connectivity index (χ1v) is 7.81. The summed E-state index contributed by atoms with van der Waals surface area (Å²) < 4.78 is 11.5. The van der Waals surface area contributed by atoms with Crippen molar-refractivity contribution in [3.05, 3.63) is 46.2 Å². The van der Waals surface area contributed by atoms with Gasteiger partial charge in [0.05, 0.1) is 6.61 Å². The Kier molecular flexibility index (Phi) is 6.07. The highest BCUT2D eigenvalue weighted by molar-refractivity contribution is 7.09. The molecule has 0 atom stereocenters. The fourth-order valence-corrected chi connectivity index (χ4v) is 2.53. The normalized spacial score (nSPS) is 10.1. The van der Waals surface area contributed by atoms with Gasteiger partial charge in [-0.15, -0.1) is 11.3 Å². The Labute approximate surface area is 128 Å². The Hall–Kier alpha value is -2.03. The summed E-state index contributed by atoms with van der Waals surface area (Å²) in [6.07, 6.45) is 0. The molecule has 4 nitrogen and oxygen atoms in total. The summed E-state index contributed by atoms with van der Waals surface area (Å²) in [5, 5.41) is 12.6. The molecule has 0 saturated heterocycles. The third-order valence-corrected chi connectivity index (χ3v) is 3.72. The highest BCUT2D eigenvalue weighted by Crippen LogP contribution is 2.29. The van der Waals surface area contributed by atoms with Crippen LogP contribution in [-0.2, 0) is 13.2 Å². The van der Waals surface area contributed by atoms with Crippen LogP contribution in [0.3, 0.4) is 0 Å². The average molecular weight is 303 g/mol. The van der Waals surface area contributed by atoms with Gasteiger partial charge in [0.25, 0.3) is 0 Å². The maximum absolute atomic E-state index is 8.56. The second-order valence-electron chi connectivity index (χ2n) is 4.44. The number of rotatable bonds is 8. The quantitative estimate of drug-likeness (QED) is 0.601. The Balaban J connectivity index is 2.03. The molecule has 0 aliphatic heterocycles. The molecule has 0 spiro atoms. The van der Waals surface area contributed by atoms with Crippen molar-refractivity contribution in [2.24, 2.45) is 0 Å². The van der Waals surface area contributed by atoms with E-state index in [1.54, 1.807) is 11.3 Å². The molecule has 1 heterocycles. The van der Waals surface area contributed by atoms with Gasteiger partial charge < -0.3 is 14.8 Å². The number of thiophene rings is 1. The zero-order chi connectivity index (χ0) is 14.9. The number of quaternary nitrogens is 1. The standard InChI is InChI=1S/C16H18N2O2S/c1-2-19-16-10-13(11-18-8-7-17)5-6-15(16)20-12-14-4-3-9-21-14/h3-6,9-10,18H,2,8,11-12H2,1H3/p+1. The van der Waals surface area contributed by atoms with Crippen LogP contribution < -0.4 is 14.8 Å². The van der Waals surface area contributed by atoms with E-state index in [-0.39, 0.29) is 0 Å². The second kappa shape index (κ2) is 8.30. The van der Waals surface area contributed by atoms with Gasteiger partial charge in [-0.2, -0.15) is 5.26 Å². The SMILES string of the molecule is CCOc1cc(C[NH2+]CC#N)ccc1OCc1cccs1. The molecule has 0 bridgehead atoms. The Morgan fingerprint density at radius 3 is 2.86 bits per heavy atom. The number of hydrogen-bond donors (Lipinski definition) is 1. The van der Waals surface area contributed by atoms with Crippen LogP contribution in [0.4, 0.5) is 0 Å². The lowest BCUT2D eigenvalue weighted by Gasteiger charge is -2.12. The van der Waals surface area contributed by atoms with E-state index in [4.69, 9.17) is 14.7 Å². The summed E-state index contributed by atoms with van der Waals surface area (Å²) >= 11 is 1.68. The van der Waals surface area contributed by atoms with Gasteiger partial charge in [0.15, 0.2) is 18.0 Å². The first-order chi connectivity index (χ1) is 10.3. The van der Waals surface area contributed by atoms with Gasteiger partial charge >= 0.3 is 0 Å². The fraction of sp³-hybridized carbons (Fsp3) is 0.312. The van der Waals surface area contributed by atoms with E-state index in [2.05, 4.69) is 12.1 Å². The van der Waals surface area contributed by atoms with Crippen LogP contribution in [0, 0.1) is 11.3 Å². The molecule has 0 amide bonds. The number of benzene rings is 1. The molecule has 2 rings (SSSR count). The summed E-state index contributed by atoms with van der Waals surface area (Å²) in [5.74, 6) is 1.52. The van der Waals surface area contributed by atoms with Crippen molar-refractivity contribution >= 4 is 11.3 Å². The smallest absolute Gasteiger partial charge is 0.163 e. The van der Waals surface area contributed by atoms with E-state index in [1.165, 1.54) is 4.88 Å². The number of ether oxygens (including phenoxy) is 2. The van der Waals surface area contributed by atoms with Crippen molar-refractivity contribution in [3.63, 3.8) is 0 Å². The van der Waals surface area contributed by atoms with Gasteiger partial charge in [-0.3, -0.25) is 0 Å². The monoisotopic (exact) mass is 303 g/mol. The van der Waals surface area contributed by atoms with Crippen LogP contribution in [0.5, 0.6) is 11.5 Å². The minimum absolute atomic E-state index is 0.459. The average Bonchev–Trinajstić information content (AvgIpc) is 3.00. The van der Waals surface area contributed by atoms with Crippen molar-refractivity contribution in [2.45, 2.75) is 20.1 Å². The molecule has 1 aromatic heterocycles. The molecule has 0 unspecified atom stereocenters. The highest BCUT2D eigenvalue weighted by Gasteiger charge is 2.08. The predicted octanol–water partition coefficient (Wildman–Crippen LogP) is 2.31. The summed E-state index contributed by atoms with van der Waals surface area (Å²) in [5.41, 5.74) is 1.12. The minimum atomic E-state index is 0.459. The minimum Gasteiger partial charge on any atom is -0.490 e. The summed E-state index contributed by atoms with van der Waals surface area (Å²) in [6.45, 7) is 4.33. The summed E-state index contributed by atoms with van der Waals surface area (Å²) in [4.78, 5) is 1.18. The first-order valence-electron chi connectivity index (χ1n) is 6.93. The maximum atomic E-state index is 8.56. The van der Waals surface area contributed by atoms with Crippen LogP contribution in [0.25, 0.3) is 0 Å². The zero-order valence-electron chi connectivity index (χ0n) is 12.0. The van der Waals surface area contributed by atoms with Gasteiger partial charge in [0.1, 0.15) is 19.2 Å². The predicted molar refractivity (Wildman–Crippen MR) is 82.4 cm³/mol. The molecule has 2 aromatic rings. The third kappa shape index (κ3) is 4.78. The third-order valence-electron chi connectivity index (χ3n) is 2.87. The number of nitrogens with two attached hydrogens (primary N) is 1. The molecule has 0 saturated carbocycles. The number of hydrogen-bond acceptors (Lipinski definition) is 4. The molecular formula is C16H19N2O2S+. The van der Waals surface area contributed by atoms with Crippen LogP contribution in [0.1, 0.15) is 17.4 Å². The van der Waals surface area contributed by atoms with Gasteiger partial charge in [0.2, 0.25) is 0 Å². The molecule has 21 heavy (non-hydrogen) atoms. The van der Waals surface area contributed by atoms with Crippen molar-refractivity contribution in [2.75, 3.05) is 13.2 Å². The van der Waals surface area contributed by atoms with Crippen LogP contribution >= 0.6 is 11.3 Å². The Bertz CT molecular complexity index is 591. The fourth-order valence-electron chi connectivity index (χ4n) is 1.91. The molecule has 0 aliphatic rings. The lowest BCUT2D eigenvalue weighted by Crippen LogP contribution is -2.82. The molecule has 1 aromatic carbocycles. The van der Waals surface area contributed by atoms with Crippen LogP contribution in [0.15, 0.2) is 35.7 Å². The lowest BCUT2D eigenvalue weighted by atomic mass is 10.2. The van der Waals surface area contributed by atoms with Crippen LogP contribution in [0.2, 0.25) is 0 Å². The Morgan fingerprint density at radius 2 is 2.14 bits per heavy atom. The lowest BCUT2D eigenvalue weighted by molar-refractivity contribution is -0.660. The van der Waals surface area contributed by atoms with E-state index in [0.29, 0.717) is 19.8 Å². The van der Waals surface area contributed by atoms with Gasteiger partial charge in [-0.1, -0.05) is 6.07 Å². The Morgan fingerprint density at radius 1 is 1.24 bits per heavy atom. The molecular weight excluding hydrogens is 284 g/mol. The first kappa shape index (κ1) is 15.4. The van der Waals surface area contributed by atoms with Crippen molar-refractivity contribution in [3.8, 4) is 17.6 Å². The molecule has 5 heteroatoms. The molecule has 0 radical (unpaired) electrons. The van der Waals surface area contributed by atoms with Crippen molar-refractivity contribution in [1.82, 2.24) is 0 Å². The summed E-state index contributed by atoms with van der Waals surface area (Å²) in [7, 11) is 0. The van der Waals surface area contributed by atoms with Crippen molar-refractivity contribution < 1.29 is 14.8 Å². The highest BCUT2D eigenvalue weighted by atomic mass is 32.1. The number of nitriles is 1. The van der Waals surface area contributed by atoms with Crippen LogP contribution in [-0.4, -0.2) is 13.2 Å². The van der Waals surface area contributed by atoms with E-state index < -0.39 is 0 Å². The zero-order valence-corrected chi connectivity index (χ0v) is 12.9. The molecule has 2 N–H and O–H groups in total. The van der Waals surface area contributed by atoms with E-state index in [9.17, 15) is 0 Å². The van der Waals surface area contributed by atoms with Gasteiger partial charge in [-0.25, -0.2) is 0 Å². The topological polar surface area (TPSA) is 58.9 Å². The molecule has 110 valence electrons. The van der Waals surface area contributed by atoms with Gasteiger partial charge in [0, 0.05) is 10.4 Å². The van der Waals surface area contributed by atoms with Gasteiger partial charge in [-0.05, 0) is 36.6 Å².